The van der Waals surface area contributed by atoms with Gasteiger partial charge in [-0.3, -0.25) is 14.4 Å². The Bertz CT molecular complexity index is 469. The number of hydrogen-bond acceptors (Lipinski definition) is 4. The average molecular weight is 263 g/mol. The second-order valence-corrected chi connectivity index (χ2v) is 5.88. The Morgan fingerprint density at radius 3 is 2.42 bits per heavy atom. The highest BCUT2D eigenvalue weighted by Crippen LogP contribution is 2.32. The van der Waals surface area contributed by atoms with E-state index in [2.05, 4.69) is 28.8 Å². The third kappa shape index (κ3) is 2.14. The SMILES string of the molecule is CC(C)N1C2CCC1CN(C(=O)c1ncn(C)n1)C2. The first-order valence-electron chi connectivity index (χ1n) is 6.98. The third-order valence-corrected chi connectivity index (χ3v) is 4.21. The number of hydrogen-bond donors (Lipinski definition) is 0. The smallest absolute Gasteiger partial charge is 0.293 e. The van der Waals surface area contributed by atoms with E-state index in [1.165, 1.54) is 12.8 Å². The fraction of sp³-hybridized carbons (Fsp3) is 0.769. The summed E-state index contributed by atoms with van der Waals surface area (Å²) in [6.45, 7) is 6.10. The number of amides is 1. The number of nitrogens with zero attached hydrogens (tertiary/aromatic N) is 5. The number of aromatic nitrogens is 3. The lowest BCUT2D eigenvalue weighted by molar-refractivity contribution is 0.0329. The summed E-state index contributed by atoms with van der Waals surface area (Å²) in [6, 6.07) is 1.57. The van der Waals surface area contributed by atoms with Crippen LogP contribution in [0.4, 0.5) is 0 Å². The molecule has 0 saturated carbocycles. The first-order valence-corrected chi connectivity index (χ1v) is 6.98. The summed E-state index contributed by atoms with van der Waals surface area (Å²) in [5, 5.41) is 4.11. The van der Waals surface area contributed by atoms with E-state index in [1.54, 1.807) is 18.1 Å². The number of piperazine rings is 1. The van der Waals surface area contributed by atoms with Gasteiger partial charge in [-0.05, 0) is 26.7 Å². The lowest BCUT2D eigenvalue weighted by Gasteiger charge is -2.42. The van der Waals surface area contributed by atoms with Crippen molar-refractivity contribution in [2.45, 2.75) is 44.8 Å². The minimum Gasteiger partial charge on any atom is -0.333 e. The van der Waals surface area contributed by atoms with Crippen LogP contribution in [0.25, 0.3) is 0 Å². The molecular weight excluding hydrogens is 242 g/mol. The molecule has 6 heteroatoms. The van der Waals surface area contributed by atoms with Gasteiger partial charge in [0.1, 0.15) is 6.33 Å². The van der Waals surface area contributed by atoms with Gasteiger partial charge in [0.15, 0.2) is 0 Å². The molecule has 1 amide bonds. The molecule has 6 nitrogen and oxygen atoms in total. The van der Waals surface area contributed by atoms with E-state index in [0.717, 1.165) is 13.1 Å². The fourth-order valence-corrected chi connectivity index (χ4v) is 3.52. The summed E-state index contributed by atoms with van der Waals surface area (Å²) >= 11 is 0. The third-order valence-electron chi connectivity index (χ3n) is 4.21. The summed E-state index contributed by atoms with van der Waals surface area (Å²) in [5.41, 5.74) is 0. The van der Waals surface area contributed by atoms with Gasteiger partial charge < -0.3 is 4.90 Å². The Kier molecular flexibility index (Phi) is 3.05. The molecule has 2 aliphatic heterocycles. The first-order chi connectivity index (χ1) is 9.06. The maximum absolute atomic E-state index is 12.4. The molecule has 0 N–H and O–H groups in total. The summed E-state index contributed by atoms with van der Waals surface area (Å²) in [6.07, 6.45) is 3.97. The molecule has 19 heavy (non-hydrogen) atoms. The molecule has 2 atom stereocenters. The molecule has 0 aliphatic carbocycles. The maximum atomic E-state index is 12.4. The van der Waals surface area contributed by atoms with E-state index in [4.69, 9.17) is 0 Å². The molecular formula is C13H21N5O. The van der Waals surface area contributed by atoms with E-state index < -0.39 is 0 Å². The van der Waals surface area contributed by atoms with E-state index in [1.807, 2.05) is 4.90 Å². The quantitative estimate of drug-likeness (QED) is 0.780. The Morgan fingerprint density at radius 1 is 1.32 bits per heavy atom. The fourth-order valence-electron chi connectivity index (χ4n) is 3.52. The van der Waals surface area contributed by atoms with Crippen LogP contribution in [0.5, 0.6) is 0 Å². The normalized spacial score (nSPS) is 27.3. The van der Waals surface area contributed by atoms with Gasteiger partial charge in [-0.2, -0.15) is 0 Å². The van der Waals surface area contributed by atoms with E-state index in [9.17, 15) is 4.79 Å². The number of likely N-dealkylation sites (tertiary alicyclic amines) is 1. The summed E-state index contributed by atoms with van der Waals surface area (Å²) in [5.74, 6) is 0.292. The minimum absolute atomic E-state index is 0.0269. The topological polar surface area (TPSA) is 54.3 Å². The van der Waals surface area contributed by atoms with E-state index >= 15 is 0 Å². The highest BCUT2D eigenvalue weighted by molar-refractivity contribution is 5.90. The zero-order valence-corrected chi connectivity index (χ0v) is 11.8. The van der Waals surface area contributed by atoms with E-state index in [-0.39, 0.29) is 5.91 Å². The number of rotatable bonds is 2. The summed E-state index contributed by atoms with van der Waals surface area (Å²) < 4.78 is 1.58. The van der Waals surface area contributed by atoms with Crippen LogP contribution in [0, 0.1) is 0 Å². The van der Waals surface area contributed by atoms with Crippen molar-refractivity contribution < 1.29 is 4.79 Å². The van der Waals surface area contributed by atoms with Crippen molar-refractivity contribution >= 4 is 5.91 Å². The lowest BCUT2D eigenvalue weighted by Crippen LogP contribution is -2.57. The van der Waals surface area contributed by atoms with Gasteiger partial charge in [-0.1, -0.05) is 0 Å². The van der Waals surface area contributed by atoms with Crippen molar-refractivity contribution in [3.8, 4) is 0 Å². The van der Waals surface area contributed by atoms with Crippen molar-refractivity contribution in [3.05, 3.63) is 12.2 Å². The maximum Gasteiger partial charge on any atom is 0.293 e. The van der Waals surface area contributed by atoms with Gasteiger partial charge in [0.2, 0.25) is 5.82 Å². The Hall–Kier alpha value is -1.43. The van der Waals surface area contributed by atoms with Crippen LogP contribution in [0.3, 0.4) is 0 Å². The second-order valence-electron chi connectivity index (χ2n) is 5.88. The van der Waals surface area contributed by atoms with Gasteiger partial charge in [0, 0.05) is 38.3 Å². The largest absolute Gasteiger partial charge is 0.333 e. The molecule has 2 fully saturated rings. The number of aryl methyl sites for hydroxylation is 1. The minimum atomic E-state index is -0.0269. The molecule has 3 heterocycles. The average Bonchev–Trinajstić information content (AvgIpc) is 2.90. The van der Waals surface area contributed by atoms with Crippen LogP contribution in [-0.4, -0.2) is 61.7 Å². The standard InChI is InChI=1S/C13H21N5O/c1-9(2)18-10-4-5-11(18)7-17(6-10)13(19)12-14-8-16(3)15-12/h8-11H,4-7H2,1-3H3. The second kappa shape index (κ2) is 4.59. The summed E-state index contributed by atoms with van der Waals surface area (Å²) in [7, 11) is 1.78. The zero-order chi connectivity index (χ0) is 13.6. The van der Waals surface area contributed by atoms with Crippen LogP contribution in [-0.2, 0) is 7.05 Å². The predicted molar refractivity (Wildman–Crippen MR) is 70.7 cm³/mol. The predicted octanol–water partition coefficient (Wildman–Crippen LogP) is 0.512. The Balaban J connectivity index is 1.74. The Morgan fingerprint density at radius 2 is 1.95 bits per heavy atom. The Labute approximate surface area is 113 Å². The monoisotopic (exact) mass is 263 g/mol. The van der Waals surface area contributed by atoms with Crippen molar-refractivity contribution in [2.24, 2.45) is 7.05 Å². The molecule has 2 bridgehead atoms. The molecule has 3 rings (SSSR count). The van der Waals surface area contributed by atoms with Crippen LogP contribution < -0.4 is 0 Å². The van der Waals surface area contributed by atoms with Gasteiger partial charge in [-0.25, -0.2) is 4.98 Å². The van der Waals surface area contributed by atoms with Gasteiger partial charge in [0.25, 0.3) is 5.91 Å². The zero-order valence-electron chi connectivity index (χ0n) is 11.8. The van der Waals surface area contributed by atoms with Gasteiger partial charge in [0.05, 0.1) is 0 Å². The van der Waals surface area contributed by atoms with Gasteiger partial charge >= 0.3 is 0 Å². The van der Waals surface area contributed by atoms with Crippen molar-refractivity contribution in [1.82, 2.24) is 24.6 Å². The lowest BCUT2D eigenvalue weighted by atomic mass is 10.1. The summed E-state index contributed by atoms with van der Waals surface area (Å²) in [4.78, 5) is 20.9. The molecule has 0 spiro atoms. The van der Waals surface area contributed by atoms with E-state index in [0.29, 0.717) is 23.9 Å². The first kappa shape index (κ1) is 12.6. The molecule has 0 aromatic carbocycles. The van der Waals surface area contributed by atoms with Crippen LogP contribution in [0.2, 0.25) is 0 Å². The number of fused-ring (bicyclic) bond motifs is 2. The molecule has 1 aromatic heterocycles. The molecule has 104 valence electrons. The molecule has 2 saturated heterocycles. The molecule has 0 radical (unpaired) electrons. The number of carbonyl (C=O) groups is 1. The molecule has 2 aliphatic rings. The van der Waals surface area contributed by atoms with Crippen LogP contribution >= 0.6 is 0 Å². The van der Waals surface area contributed by atoms with Gasteiger partial charge in [-0.15, -0.1) is 5.10 Å². The number of carbonyl (C=O) groups excluding carboxylic acids is 1. The van der Waals surface area contributed by atoms with Crippen LogP contribution in [0.15, 0.2) is 6.33 Å². The van der Waals surface area contributed by atoms with Crippen molar-refractivity contribution in [1.29, 1.82) is 0 Å². The van der Waals surface area contributed by atoms with Crippen LogP contribution in [0.1, 0.15) is 37.3 Å². The van der Waals surface area contributed by atoms with Crippen molar-refractivity contribution in [3.63, 3.8) is 0 Å². The molecule has 2 unspecified atom stereocenters. The van der Waals surface area contributed by atoms with Crippen molar-refractivity contribution in [2.75, 3.05) is 13.1 Å². The highest BCUT2D eigenvalue weighted by Gasteiger charge is 2.42. The molecule has 1 aromatic rings. The highest BCUT2D eigenvalue weighted by atomic mass is 16.2.